The molecule has 0 aliphatic rings. The minimum Gasteiger partial charge on any atom is -0.399 e. The van der Waals surface area contributed by atoms with Crippen LogP contribution in [0.15, 0.2) is 36.5 Å². The maximum absolute atomic E-state index is 5.86. The number of rotatable bonds is 2. The van der Waals surface area contributed by atoms with Gasteiger partial charge in [0.25, 0.3) is 0 Å². The molecular formula is C13H17N3. The zero-order valence-corrected chi connectivity index (χ0v) is 9.94. The van der Waals surface area contributed by atoms with E-state index in [1.54, 1.807) is 0 Å². The second-order valence-corrected chi connectivity index (χ2v) is 4.18. The Morgan fingerprint density at radius 1 is 1.19 bits per heavy atom. The van der Waals surface area contributed by atoms with E-state index in [9.17, 15) is 0 Å². The average Bonchev–Trinajstić information content (AvgIpc) is 2.63. The zero-order chi connectivity index (χ0) is 11.7. The molecule has 16 heavy (non-hydrogen) atoms. The van der Waals surface area contributed by atoms with Gasteiger partial charge in [-0.3, -0.25) is 0 Å². The SMILES string of the molecule is CN(C)c1ccc(N)cc1-c1cccn1C. The van der Waals surface area contributed by atoms with Crippen LogP contribution in [0, 0.1) is 0 Å². The van der Waals surface area contributed by atoms with Gasteiger partial charge in [0.1, 0.15) is 0 Å². The van der Waals surface area contributed by atoms with Crippen molar-refractivity contribution >= 4 is 11.4 Å². The van der Waals surface area contributed by atoms with E-state index in [1.165, 1.54) is 11.4 Å². The Bertz CT molecular complexity index is 498. The Balaban J connectivity index is 2.63. The van der Waals surface area contributed by atoms with Gasteiger partial charge in [0.15, 0.2) is 0 Å². The molecule has 1 aromatic carbocycles. The number of nitrogen functional groups attached to an aromatic ring is 1. The molecular weight excluding hydrogens is 198 g/mol. The van der Waals surface area contributed by atoms with E-state index >= 15 is 0 Å². The highest BCUT2D eigenvalue weighted by Gasteiger charge is 2.09. The molecule has 0 unspecified atom stereocenters. The maximum Gasteiger partial charge on any atom is 0.0499 e. The lowest BCUT2D eigenvalue weighted by atomic mass is 10.1. The lowest BCUT2D eigenvalue weighted by Crippen LogP contribution is -2.10. The third-order valence-corrected chi connectivity index (χ3v) is 2.72. The number of benzene rings is 1. The molecule has 84 valence electrons. The van der Waals surface area contributed by atoms with Crippen LogP contribution in [0.3, 0.4) is 0 Å². The Morgan fingerprint density at radius 2 is 1.94 bits per heavy atom. The van der Waals surface area contributed by atoms with Crippen molar-refractivity contribution in [1.82, 2.24) is 4.57 Å². The molecule has 2 aromatic rings. The van der Waals surface area contributed by atoms with Crippen LogP contribution in [0.2, 0.25) is 0 Å². The Kier molecular flexibility index (Phi) is 2.60. The van der Waals surface area contributed by atoms with Crippen LogP contribution in [0.1, 0.15) is 0 Å². The molecule has 0 radical (unpaired) electrons. The van der Waals surface area contributed by atoms with Gasteiger partial charge in [-0.1, -0.05) is 0 Å². The van der Waals surface area contributed by atoms with Gasteiger partial charge in [0, 0.05) is 50.0 Å². The molecule has 0 amide bonds. The van der Waals surface area contributed by atoms with Crippen molar-refractivity contribution in [3.63, 3.8) is 0 Å². The minimum absolute atomic E-state index is 0.793. The predicted octanol–water partition coefficient (Wildman–Crippen LogP) is 2.34. The molecule has 0 bridgehead atoms. The molecule has 0 spiro atoms. The van der Waals surface area contributed by atoms with Gasteiger partial charge in [-0.2, -0.15) is 0 Å². The van der Waals surface area contributed by atoms with Gasteiger partial charge < -0.3 is 15.2 Å². The highest BCUT2D eigenvalue weighted by molar-refractivity contribution is 5.79. The summed E-state index contributed by atoms with van der Waals surface area (Å²) in [7, 11) is 6.12. The van der Waals surface area contributed by atoms with Crippen LogP contribution in [-0.4, -0.2) is 18.7 Å². The van der Waals surface area contributed by atoms with Crippen LogP contribution in [0.5, 0.6) is 0 Å². The third kappa shape index (κ3) is 1.76. The molecule has 1 aromatic heterocycles. The van der Waals surface area contributed by atoms with E-state index in [1.807, 2.05) is 45.5 Å². The molecule has 3 nitrogen and oxygen atoms in total. The van der Waals surface area contributed by atoms with Crippen molar-refractivity contribution in [2.45, 2.75) is 0 Å². The van der Waals surface area contributed by atoms with Crippen LogP contribution >= 0.6 is 0 Å². The van der Waals surface area contributed by atoms with E-state index < -0.39 is 0 Å². The first-order valence-corrected chi connectivity index (χ1v) is 5.28. The molecule has 0 fully saturated rings. The van der Waals surface area contributed by atoms with Gasteiger partial charge in [-0.15, -0.1) is 0 Å². The van der Waals surface area contributed by atoms with Gasteiger partial charge in [0.2, 0.25) is 0 Å². The topological polar surface area (TPSA) is 34.2 Å². The third-order valence-electron chi connectivity index (χ3n) is 2.72. The maximum atomic E-state index is 5.86. The Hall–Kier alpha value is -1.90. The number of hydrogen-bond acceptors (Lipinski definition) is 2. The molecule has 0 saturated heterocycles. The lowest BCUT2D eigenvalue weighted by molar-refractivity contribution is 0.935. The summed E-state index contributed by atoms with van der Waals surface area (Å²) in [6.07, 6.45) is 2.04. The molecule has 1 heterocycles. The lowest BCUT2D eigenvalue weighted by Gasteiger charge is -2.18. The Morgan fingerprint density at radius 3 is 2.50 bits per heavy atom. The number of hydrogen-bond donors (Lipinski definition) is 1. The largest absolute Gasteiger partial charge is 0.399 e. The van der Waals surface area contributed by atoms with E-state index in [0.29, 0.717) is 0 Å². The summed E-state index contributed by atoms with van der Waals surface area (Å²) in [5.74, 6) is 0. The van der Waals surface area contributed by atoms with Gasteiger partial charge in [0.05, 0.1) is 0 Å². The standard InChI is InChI=1S/C13H17N3/c1-15(2)12-7-6-10(14)9-11(12)13-5-4-8-16(13)3/h4-9H,14H2,1-3H3. The van der Waals surface area contributed by atoms with Crippen LogP contribution in [0.4, 0.5) is 11.4 Å². The van der Waals surface area contributed by atoms with Crippen LogP contribution in [-0.2, 0) is 7.05 Å². The molecule has 3 heteroatoms. The smallest absolute Gasteiger partial charge is 0.0499 e. The summed E-state index contributed by atoms with van der Waals surface area (Å²) in [4.78, 5) is 2.10. The second-order valence-electron chi connectivity index (χ2n) is 4.18. The van der Waals surface area contributed by atoms with Crippen molar-refractivity contribution < 1.29 is 0 Å². The van der Waals surface area contributed by atoms with E-state index in [4.69, 9.17) is 5.73 Å². The number of aromatic nitrogens is 1. The molecule has 0 atom stereocenters. The van der Waals surface area contributed by atoms with Gasteiger partial charge in [-0.25, -0.2) is 0 Å². The first-order chi connectivity index (χ1) is 7.59. The fraction of sp³-hybridized carbons (Fsp3) is 0.231. The first-order valence-electron chi connectivity index (χ1n) is 5.28. The summed E-state index contributed by atoms with van der Waals surface area (Å²) in [6, 6.07) is 10.1. The monoisotopic (exact) mass is 215 g/mol. The quantitative estimate of drug-likeness (QED) is 0.780. The van der Waals surface area contributed by atoms with Gasteiger partial charge >= 0.3 is 0 Å². The highest BCUT2D eigenvalue weighted by atomic mass is 15.1. The Labute approximate surface area is 96.1 Å². The summed E-state index contributed by atoms with van der Waals surface area (Å²) in [5.41, 5.74) is 10.2. The summed E-state index contributed by atoms with van der Waals surface area (Å²) >= 11 is 0. The van der Waals surface area contributed by atoms with Crippen LogP contribution in [0.25, 0.3) is 11.3 Å². The number of anilines is 2. The van der Waals surface area contributed by atoms with Crippen molar-refractivity contribution in [3.05, 3.63) is 36.5 Å². The van der Waals surface area contributed by atoms with E-state index in [2.05, 4.69) is 21.6 Å². The van der Waals surface area contributed by atoms with Crippen LogP contribution < -0.4 is 10.6 Å². The fourth-order valence-corrected chi connectivity index (χ4v) is 1.89. The molecule has 2 N–H and O–H groups in total. The average molecular weight is 215 g/mol. The molecule has 0 aliphatic carbocycles. The second kappa shape index (κ2) is 3.93. The summed E-state index contributed by atoms with van der Waals surface area (Å²) < 4.78 is 2.10. The predicted molar refractivity (Wildman–Crippen MR) is 69.6 cm³/mol. The number of nitrogens with two attached hydrogens (primary N) is 1. The van der Waals surface area contributed by atoms with E-state index in [-0.39, 0.29) is 0 Å². The van der Waals surface area contributed by atoms with Gasteiger partial charge in [-0.05, 0) is 30.3 Å². The summed E-state index contributed by atoms with van der Waals surface area (Å²) in [6.45, 7) is 0. The first kappa shape index (κ1) is 10.6. The van der Waals surface area contributed by atoms with Crippen molar-refractivity contribution in [1.29, 1.82) is 0 Å². The molecule has 0 saturated carbocycles. The normalized spacial score (nSPS) is 10.4. The number of aryl methyl sites for hydroxylation is 1. The fourth-order valence-electron chi connectivity index (χ4n) is 1.89. The zero-order valence-electron chi connectivity index (χ0n) is 9.94. The highest BCUT2D eigenvalue weighted by Crippen LogP contribution is 2.31. The molecule has 2 rings (SSSR count). The van der Waals surface area contributed by atoms with Crippen molar-refractivity contribution in [2.75, 3.05) is 24.7 Å². The molecule has 0 aliphatic heterocycles. The van der Waals surface area contributed by atoms with Crippen molar-refractivity contribution in [3.8, 4) is 11.3 Å². The van der Waals surface area contributed by atoms with Crippen molar-refractivity contribution in [2.24, 2.45) is 7.05 Å². The summed E-state index contributed by atoms with van der Waals surface area (Å²) in [5, 5.41) is 0. The van der Waals surface area contributed by atoms with E-state index in [0.717, 1.165) is 11.3 Å². The number of nitrogens with zero attached hydrogens (tertiary/aromatic N) is 2. The minimum atomic E-state index is 0.793.